The highest BCUT2D eigenvalue weighted by Gasteiger charge is 2.15. The molecule has 23 heavy (non-hydrogen) atoms. The second-order valence-electron chi connectivity index (χ2n) is 6.87. The molecule has 1 N–H and O–H groups in total. The first kappa shape index (κ1) is 17.8. The molecule has 0 saturated heterocycles. The van der Waals surface area contributed by atoms with Crippen LogP contribution in [-0.2, 0) is 0 Å². The average Bonchev–Trinajstić information content (AvgIpc) is 2.43. The molecule has 0 amide bonds. The van der Waals surface area contributed by atoms with E-state index < -0.39 is 8.07 Å². The van der Waals surface area contributed by atoms with E-state index in [0.717, 1.165) is 23.4 Å². The van der Waals surface area contributed by atoms with Gasteiger partial charge in [-0.3, -0.25) is 9.36 Å². The molecule has 0 spiro atoms. The Morgan fingerprint density at radius 1 is 1.26 bits per heavy atom. The van der Waals surface area contributed by atoms with Crippen molar-refractivity contribution in [2.24, 2.45) is 0 Å². The van der Waals surface area contributed by atoms with Gasteiger partial charge in [0.05, 0.1) is 11.8 Å². The van der Waals surface area contributed by atoms with E-state index in [9.17, 15) is 9.90 Å². The largest absolute Gasteiger partial charge is 0.493 e. The number of hydrogen-bond donors (Lipinski definition) is 1. The highest BCUT2D eigenvalue weighted by Crippen LogP contribution is 2.24. The van der Waals surface area contributed by atoms with Crippen LogP contribution >= 0.6 is 11.8 Å². The lowest BCUT2D eigenvalue weighted by molar-refractivity contribution is 0.440. The summed E-state index contributed by atoms with van der Waals surface area (Å²) in [6.45, 7) is 9.03. The molecule has 0 aliphatic carbocycles. The first-order valence-electron chi connectivity index (χ1n) is 7.80. The van der Waals surface area contributed by atoms with Crippen molar-refractivity contribution >= 4 is 19.8 Å². The molecule has 0 aliphatic rings. The highest BCUT2D eigenvalue weighted by molar-refractivity contribution is 7.99. The molecule has 2 rings (SSSR count). The predicted octanol–water partition coefficient (Wildman–Crippen LogP) is 4.07. The van der Waals surface area contributed by atoms with E-state index in [1.165, 1.54) is 23.9 Å². The fraction of sp³-hybridized carbons (Fsp3) is 0.412. The Bertz CT molecular complexity index is 738. The molecule has 1 aromatic carbocycles. The van der Waals surface area contributed by atoms with Crippen LogP contribution < -0.4 is 5.56 Å². The van der Waals surface area contributed by atoms with E-state index in [1.54, 1.807) is 4.57 Å². The minimum absolute atomic E-state index is 0.215. The Morgan fingerprint density at radius 2 is 1.96 bits per heavy atom. The third-order valence-electron chi connectivity index (χ3n) is 3.53. The molecule has 0 bridgehead atoms. The van der Waals surface area contributed by atoms with Crippen molar-refractivity contribution in [2.75, 3.05) is 5.75 Å². The maximum Gasteiger partial charge on any atom is 0.262 e. The molecule has 0 saturated carbocycles. The molecular weight excluding hydrogens is 324 g/mol. The van der Waals surface area contributed by atoms with Crippen molar-refractivity contribution < 1.29 is 5.11 Å². The molecule has 0 atom stereocenters. The fourth-order valence-corrected chi connectivity index (χ4v) is 4.79. The molecule has 0 fully saturated rings. The average molecular weight is 349 g/mol. The molecule has 0 aliphatic heterocycles. The summed E-state index contributed by atoms with van der Waals surface area (Å²) in [4.78, 5) is 16.5. The van der Waals surface area contributed by atoms with Crippen LogP contribution in [0.25, 0.3) is 5.69 Å². The number of hydrogen-bond acceptors (Lipinski definition) is 4. The minimum Gasteiger partial charge on any atom is -0.493 e. The molecule has 124 valence electrons. The maximum atomic E-state index is 12.4. The molecule has 6 heteroatoms. The summed E-state index contributed by atoms with van der Waals surface area (Å²) in [5, 5.41) is 10.2. The topological polar surface area (TPSA) is 55.1 Å². The smallest absolute Gasteiger partial charge is 0.262 e. The van der Waals surface area contributed by atoms with E-state index in [-0.39, 0.29) is 11.4 Å². The van der Waals surface area contributed by atoms with Gasteiger partial charge in [-0.1, -0.05) is 55.6 Å². The van der Waals surface area contributed by atoms with E-state index in [2.05, 4.69) is 24.6 Å². The normalized spacial score (nSPS) is 11.7. The lowest BCUT2D eigenvalue weighted by Crippen LogP contribution is -2.21. The Hall–Kier alpha value is -1.53. The van der Waals surface area contributed by atoms with E-state index in [0.29, 0.717) is 5.16 Å². The second-order valence-corrected chi connectivity index (χ2v) is 13.6. The van der Waals surface area contributed by atoms with Gasteiger partial charge < -0.3 is 5.11 Å². The Balaban J connectivity index is 2.29. The number of aromatic hydroxyl groups is 1. The Labute approximate surface area is 142 Å². The lowest BCUT2D eigenvalue weighted by atomic mass is 10.2. The maximum absolute atomic E-state index is 12.4. The van der Waals surface area contributed by atoms with Crippen LogP contribution in [0.5, 0.6) is 5.88 Å². The lowest BCUT2D eigenvalue weighted by Gasteiger charge is -2.16. The predicted molar refractivity (Wildman–Crippen MR) is 99.7 cm³/mol. The molecule has 2 aromatic rings. The number of nitrogens with zero attached hydrogens (tertiary/aromatic N) is 2. The van der Waals surface area contributed by atoms with Gasteiger partial charge in [-0.2, -0.15) is 4.98 Å². The van der Waals surface area contributed by atoms with Gasteiger partial charge in [0.15, 0.2) is 5.16 Å². The summed E-state index contributed by atoms with van der Waals surface area (Å²) >= 11 is 1.53. The van der Waals surface area contributed by atoms with Crippen LogP contribution in [0.4, 0.5) is 0 Å². The van der Waals surface area contributed by atoms with Gasteiger partial charge in [0.25, 0.3) is 5.56 Å². The second kappa shape index (κ2) is 7.36. The first-order chi connectivity index (χ1) is 10.8. The Morgan fingerprint density at radius 3 is 2.61 bits per heavy atom. The van der Waals surface area contributed by atoms with Crippen LogP contribution in [0.3, 0.4) is 0 Å². The van der Waals surface area contributed by atoms with E-state index in [1.807, 2.05) is 31.2 Å². The monoisotopic (exact) mass is 348 g/mol. The minimum atomic E-state index is -1.06. The molecular formula is C17H24N2O2SSi. The quantitative estimate of drug-likeness (QED) is 0.370. The van der Waals surface area contributed by atoms with Crippen LogP contribution in [0, 0.1) is 6.92 Å². The number of thioether (sulfide) groups is 1. The summed E-state index contributed by atoms with van der Waals surface area (Å²) < 4.78 is 1.59. The third-order valence-corrected chi connectivity index (χ3v) is 6.41. The SMILES string of the molecule is Cc1ccccc1-n1c(SCCC[Si](C)(C)C)nc(O)cc1=O. The van der Waals surface area contributed by atoms with Crippen molar-refractivity contribution in [2.45, 2.75) is 44.2 Å². The highest BCUT2D eigenvalue weighted by atomic mass is 32.2. The molecule has 0 radical (unpaired) electrons. The van der Waals surface area contributed by atoms with E-state index >= 15 is 0 Å². The molecule has 0 unspecified atom stereocenters. The molecule has 1 heterocycles. The van der Waals surface area contributed by atoms with Crippen LogP contribution in [0.2, 0.25) is 25.7 Å². The van der Waals surface area contributed by atoms with E-state index in [4.69, 9.17) is 0 Å². The van der Waals surface area contributed by atoms with Crippen molar-refractivity contribution in [1.29, 1.82) is 0 Å². The van der Waals surface area contributed by atoms with Gasteiger partial charge in [0.1, 0.15) is 0 Å². The molecule has 1 aromatic heterocycles. The zero-order valence-electron chi connectivity index (χ0n) is 14.2. The van der Waals surface area contributed by atoms with Crippen LogP contribution in [0.15, 0.2) is 40.3 Å². The van der Waals surface area contributed by atoms with Gasteiger partial charge in [-0.25, -0.2) is 0 Å². The van der Waals surface area contributed by atoms with Crippen LogP contribution in [0.1, 0.15) is 12.0 Å². The number of aryl methyl sites for hydroxylation is 1. The van der Waals surface area contributed by atoms with Crippen molar-refractivity contribution in [3.05, 3.63) is 46.2 Å². The summed E-state index contributed by atoms with van der Waals surface area (Å²) in [6.07, 6.45) is 1.10. The van der Waals surface area contributed by atoms with Gasteiger partial charge in [-0.05, 0) is 25.0 Å². The number of para-hydroxylation sites is 1. The van der Waals surface area contributed by atoms with Crippen LogP contribution in [-0.4, -0.2) is 28.5 Å². The zero-order chi connectivity index (χ0) is 17.0. The zero-order valence-corrected chi connectivity index (χ0v) is 16.0. The standard InChI is InChI=1S/C17H24N2O2SSi/c1-13-8-5-6-9-14(13)19-16(21)12-15(20)18-17(19)22-10-7-11-23(2,3)4/h5-6,8-9,12,20H,7,10-11H2,1-4H3. The summed E-state index contributed by atoms with van der Waals surface area (Å²) in [6, 6.07) is 10.1. The number of rotatable bonds is 6. The van der Waals surface area contributed by atoms with Gasteiger partial charge in [-0.15, -0.1) is 0 Å². The number of benzene rings is 1. The summed E-state index contributed by atoms with van der Waals surface area (Å²) in [7, 11) is -1.06. The molecule has 4 nitrogen and oxygen atoms in total. The fourth-order valence-electron chi connectivity index (χ4n) is 2.35. The van der Waals surface area contributed by atoms with Crippen molar-refractivity contribution in [1.82, 2.24) is 9.55 Å². The van der Waals surface area contributed by atoms with Gasteiger partial charge in [0.2, 0.25) is 5.88 Å². The first-order valence-corrected chi connectivity index (χ1v) is 12.5. The number of aromatic nitrogens is 2. The van der Waals surface area contributed by atoms with Gasteiger partial charge >= 0.3 is 0 Å². The van der Waals surface area contributed by atoms with Gasteiger partial charge in [0, 0.05) is 13.8 Å². The van der Waals surface area contributed by atoms with Crippen molar-refractivity contribution in [3.8, 4) is 11.6 Å². The summed E-state index contributed by atoms with van der Waals surface area (Å²) in [5.41, 5.74) is 1.57. The third kappa shape index (κ3) is 4.97. The van der Waals surface area contributed by atoms with Crippen molar-refractivity contribution in [3.63, 3.8) is 0 Å². The summed E-state index contributed by atoms with van der Waals surface area (Å²) in [5.74, 6) is 0.680. The Kier molecular flexibility index (Phi) is 5.70.